The number of rotatable bonds is 2. The van der Waals surface area contributed by atoms with Gasteiger partial charge in [-0.25, -0.2) is 9.78 Å². The number of hydrogen-bond acceptors (Lipinski definition) is 3. The van der Waals surface area contributed by atoms with Gasteiger partial charge in [-0.15, -0.1) is 0 Å². The number of hydrogen-bond donors (Lipinski definition) is 0. The maximum Gasteiger partial charge on any atom is 0.240 e. The lowest BCUT2D eigenvalue weighted by molar-refractivity contribution is 0.359. The Morgan fingerprint density at radius 3 is 2.89 bits per heavy atom. The highest BCUT2D eigenvalue weighted by atomic mass is 16.1. The number of isocyanates is 1. The molecule has 1 saturated carbocycles. The van der Waals surface area contributed by atoms with Crippen LogP contribution in [0.2, 0.25) is 0 Å². The fourth-order valence-electron chi connectivity index (χ4n) is 2.79. The number of benzene rings is 1. The van der Waals surface area contributed by atoms with Crippen molar-refractivity contribution < 1.29 is 4.79 Å². The van der Waals surface area contributed by atoms with E-state index in [1.54, 1.807) is 6.08 Å². The van der Waals surface area contributed by atoms with Gasteiger partial charge >= 0.3 is 0 Å². The highest BCUT2D eigenvalue weighted by molar-refractivity contribution is 5.79. The topological polar surface area (TPSA) is 47.2 Å². The predicted molar refractivity (Wildman–Crippen MR) is 69.6 cm³/mol. The van der Waals surface area contributed by atoms with E-state index in [0.717, 1.165) is 11.0 Å². The summed E-state index contributed by atoms with van der Waals surface area (Å²) >= 11 is 0. The summed E-state index contributed by atoms with van der Waals surface area (Å²) in [4.78, 5) is 18.3. The molecule has 1 fully saturated rings. The fourth-order valence-corrected chi connectivity index (χ4v) is 2.79. The maximum atomic E-state index is 10.2. The van der Waals surface area contributed by atoms with Gasteiger partial charge in [0, 0.05) is 6.04 Å². The van der Waals surface area contributed by atoms with E-state index in [4.69, 9.17) is 0 Å². The summed E-state index contributed by atoms with van der Waals surface area (Å²) in [6.45, 7) is 0. The SMILES string of the molecule is O=C=Nc1ccc2c(c1)ncn2C1CCCCC1. The zero-order valence-electron chi connectivity index (χ0n) is 10.2. The van der Waals surface area contributed by atoms with Gasteiger partial charge in [-0.1, -0.05) is 19.3 Å². The normalized spacial score (nSPS) is 16.7. The van der Waals surface area contributed by atoms with Crippen LogP contribution in [0.15, 0.2) is 29.5 Å². The first-order valence-corrected chi connectivity index (χ1v) is 6.43. The standard InChI is InChI=1S/C14H15N3O/c18-10-16-11-6-7-14-13(8-11)15-9-17(14)12-4-2-1-3-5-12/h6-9,12H,1-5H2. The molecule has 0 atom stereocenters. The molecule has 0 N–H and O–H groups in total. The van der Waals surface area contributed by atoms with Crippen LogP contribution in [0.25, 0.3) is 11.0 Å². The van der Waals surface area contributed by atoms with Crippen LogP contribution in [0, 0.1) is 0 Å². The second-order valence-electron chi connectivity index (χ2n) is 4.82. The molecule has 0 unspecified atom stereocenters. The molecule has 0 spiro atoms. The highest BCUT2D eigenvalue weighted by Crippen LogP contribution is 2.31. The summed E-state index contributed by atoms with van der Waals surface area (Å²) in [6.07, 6.45) is 9.90. The zero-order chi connectivity index (χ0) is 12.4. The van der Waals surface area contributed by atoms with Crippen LogP contribution in [0.3, 0.4) is 0 Å². The molecule has 1 heterocycles. The second kappa shape index (κ2) is 4.75. The maximum absolute atomic E-state index is 10.2. The lowest BCUT2D eigenvalue weighted by Crippen LogP contribution is -2.11. The average molecular weight is 241 g/mol. The molecule has 3 rings (SSSR count). The van der Waals surface area contributed by atoms with Crippen molar-refractivity contribution in [3.05, 3.63) is 24.5 Å². The van der Waals surface area contributed by atoms with Crippen LogP contribution >= 0.6 is 0 Å². The fraction of sp³-hybridized carbons (Fsp3) is 0.429. The smallest absolute Gasteiger partial charge is 0.240 e. The van der Waals surface area contributed by atoms with Gasteiger partial charge < -0.3 is 4.57 Å². The molecule has 2 aromatic rings. The summed E-state index contributed by atoms with van der Waals surface area (Å²) in [5.74, 6) is 0. The molecule has 1 aromatic carbocycles. The molecule has 1 aromatic heterocycles. The van der Waals surface area contributed by atoms with E-state index in [2.05, 4.69) is 14.5 Å². The molecule has 1 aliphatic carbocycles. The van der Waals surface area contributed by atoms with Gasteiger partial charge in [-0.05, 0) is 31.0 Å². The van der Waals surface area contributed by atoms with Gasteiger partial charge in [0.25, 0.3) is 0 Å². The molecule has 0 amide bonds. The molecule has 0 radical (unpaired) electrons. The minimum absolute atomic E-state index is 0.573. The third-order valence-electron chi connectivity index (χ3n) is 3.70. The minimum Gasteiger partial charge on any atom is -0.327 e. The summed E-state index contributed by atoms with van der Waals surface area (Å²) in [7, 11) is 0. The molecular weight excluding hydrogens is 226 g/mol. The molecule has 4 nitrogen and oxygen atoms in total. The molecule has 4 heteroatoms. The Labute approximate surface area is 105 Å². The van der Waals surface area contributed by atoms with E-state index in [-0.39, 0.29) is 0 Å². The van der Waals surface area contributed by atoms with Crippen LogP contribution in [0.1, 0.15) is 38.1 Å². The van der Waals surface area contributed by atoms with E-state index < -0.39 is 0 Å². The summed E-state index contributed by atoms with van der Waals surface area (Å²) in [6, 6.07) is 6.24. The van der Waals surface area contributed by atoms with Crippen molar-refractivity contribution in [1.29, 1.82) is 0 Å². The van der Waals surface area contributed by atoms with Crippen LogP contribution in [0.4, 0.5) is 5.69 Å². The van der Waals surface area contributed by atoms with Gasteiger partial charge in [0.1, 0.15) is 0 Å². The van der Waals surface area contributed by atoms with Gasteiger partial charge in [-0.2, -0.15) is 4.99 Å². The van der Waals surface area contributed by atoms with Crippen molar-refractivity contribution in [2.24, 2.45) is 4.99 Å². The zero-order valence-corrected chi connectivity index (χ0v) is 10.2. The molecule has 0 saturated heterocycles. The largest absolute Gasteiger partial charge is 0.327 e. The average Bonchev–Trinajstić information content (AvgIpc) is 2.83. The molecule has 0 bridgehead atoms. The lowest BCUT2D eigenvalue weighted by atomic mass is 9.95. The van der Waals surface area contributed by atoms with Crippen LogP contribution < -0.4 is 0 Å². The Morgan fingerprint density at radius 2 is 2.11 bits per heavy atom. The third kappa shape index (κ3) is 1.95. The van der Waals surface area contributed by atoms with Gasteiger partial charge in [-0.3, -0.25) is 0 Å². The van der Waals surface area contributed by atoms with Gasteiger partial charge in [0.15, 0.2) is 0 Å². The van der Waals surface area contributed by atoms with E-state index in [1.807, 2.05) is 24.5 Å². The Morgan fingerprint density at radius 1 is 1.28 bits per heavy atom. The molecule has 0 aliphatic heterocycles. The molecule has 18 heavy (non-hydrogen) atoms. The molecular formula is C14H15N3O. The monoisotopic (exact) mass is 241 g/mol. The summed E-state index contributed by atoms with van der Waals surface area (Å²) in [5.41, 5.74) is 2.65. The summed E-state index contributed by atoms with van der Waals surface area (Å²) in [5, 5.41) is 0. The van der Waals surface area contributed by atoms with E-state index in [1.165, 1.54) is 32.1 Å². The first kappa shape index (κ1) is 11.2. The number of aliphatic imine (C=N–C) groups is 1. The number of aromatic nitrogens is 2. The highest BCUT2D eigenvalue weighted by Gasteiger charge is 2.17. The number of carbonyl (C=O) groups excluding carboxylic acids is 1. The van der Waals surface area contributed by atoms with Crippen LogP contribution in [-0.2, 0) is 4.79 Å². The van der Waals surface area contributed by atoms with Crippen LogP contribution in [-0.4, -0.2) is 15.6 Å². The Kier molecular flexibility index (Phi) is 2.95. The molecule has 1 aliphatic rings. The van der Waals surface area contributed by atoms with Crippen molar-refractivity contribution in [3.63, 3.8) is 0 Å². The second-order valence-corrected chi connectivity index (χ2v) is 4.82. The van der Waals surface area contributed by atoms with E-state index in [0.29, 0.717) is 11.7 Å². The van der Waals surface area contributed by atoms with Crippen molar-refractivity contribution in [1.82, 2.24) is 9.55 Å². The minimum atomic E-state index is 0.573. The number of fused-ring (bicyclic) bond motifs is 1. The number of imidazole rings is 1. The van der Waals surface area contributed by atoms with Crippen molar-refractivity contribution in [2.45, 2.75) is 38.1 Å². The van der Waals surface area contributed by atoms with Crippen molar-refractivity contribution >= 4 is 22.8 Å². The predicted octanol–water partition coefficient (Wildman–Crippen LogP) is 3.51. The van der Waals surface area contributed by atoms with E-state index >= 15 is 0 Å². The van der Waals surface area contributed by atoms with Gasteiger partial charge in [0.05, 0.1) is 23.0 Å². The lowest BCUT2D eigenvalue weighted by Gasteiger charge is -2.23. The van der Waals surface area contributed by atoms with Gasteiger partial charge in [0.2, 0.25) is 6.08 Å². The Hall–Kier alpha value is -1.93. The third-order valence-corrected chi connectivity index (χ3v) is 3.70. The van der Waals surface area contributed by atoms with Crippen molar-refractivity contribution in [3.8, 4) is 0 Å². The Bertz CT molecular complexity index is 605. The van der Waals surface area contributed by atoms with Crippen molar-refractivity contribution in [2.75, 3.05) is 0 Å². The summed E-state index contributed by atoms with van der Waals surface area (Å²) < 4.78 is 2.27. The van der Waals surface area contributed by atoms with E-state index in [9.17, 15) is 4.79 Å². The van der Waals surface area contributed by atoms with Crippen LogP contribution in [0.5, 0.6) is 0 Å². The Balaban J connectivity index is 2.01. The number of nitrogens with zero attached hydrogens (tertiary/aromatic N) is 3. The first-order chi connectivity index (χ1) is 8.88. The molecule has 92 valence electrons. The first-order valence-electron chi connectivity index (χ1n) is 6.43. The quantitative estimate of drug-likeness (QED) is 0.596.